The number of hydrogen-bond donors (Lipinski definition) is 2. The molecule has 1 rings (SSSR count). The Balaban J connectivity index is 3.12. The van der Waals surface area contributed by atoms with Gasteiger partial charge in [0.1, 0.15) is 17.9 Å². The van der Waals surface area contributed by atoms with Crippen LogP contribution in [0.1, 0.15) is 33.3 Å². The van der Waals surface area contributed by atoms with E-state index in [0.717, 1.165) is 0 Å². The maximum Gasteiger partial charge on any atom is 0.325 e. The van der Waals surface area contributed by atoms with Crippen LogP contribution in [0.2, 0.25) is 0 Å². The number of carbonyl (C=O) groups is 2. The smallest absolute Gasteiger partial charge is 0.325 e. The van der Waals surface area contributed by atoms with Gasteiger partial charge >= 0.3 is 5.97 Å². The summed E-state index contributed by atoms with van der Waals surface area (Å²) in [5.41, 5.74) is -0.0456. The van der Waals surface area contributed by atoms with Crippen LogP contribution in [-0.4, -0.2) is 43.8 Å². The molecule has 1 aromatic carbocycles. The first-order valence-electron chi connectivity index (χ1n) is 7.40. The number of benzene rings is 1. The van der Waals surface area contributed by atoms with Crippen molar-refractivity contribution < 1.29 is 23.8 Å². The lowest BCUT2D eigenvalue weighted by Gasteiger charge is -2.20. The number of hydrogen-bond acceptors (Lipinski definition) is 7. The van der Waals surface area contributed by atoms with Crippen LogP contribution in [0.3, 0.4) is 0 Å². The molecule has 0 aliphatic carbocycles. The van der Waals surface area contributed by atoms with Crippen LogP contribution >= 0.6 is 0 Å². The Morgan fingerprint density at radius 2 is 1.67 bits per heavy atom. The fourth-order valence-corrected chi connectivity index (χ4v) is 1.97. The molecule has 24 heavy (non-hydrogen) atoms. The molecule has 0 bridgehead atoms. The molecule has 0 aliphatic heterocycles. The maximum atomic E-state index is 11.9. The average Bonchev–Trinajstić information content (AvgIpc) is 2.49. The Kier molecular flexibility index (Phi) is 6.34. The van der Waals surface area contributed by atoms with Crippen LogP contribution < -0.4 is 14.8 Å². The third-order valence-corrected chi connectivity index (χ3v) is 2.99. The first kappa shape index (κ1) is 19.5. The summed E-state index contributed by atoms with van der Waals surface area (Å²) < 4.78 is 15.7. The zero-order valence-corrected chi connectivity index (χ0v) is 14.9. The molecule has 2 N–H and O–H groups in total. The van der Waals surface area contributed by atoms with E-state index in [1.165, 1.54) is 27.2 Å². The Hall–Kier alpha value is -2.57. The van der Waals surface area contributed by atoms with E-state index in [-0.39, 0.29) is 12.3 Å². The lowest BCUT2D eigenvalue weighted by Crippen LogP contribution is -2.28. The molecule has 0 radical (unpaired) electrons. The number of ether oxygens (including phenoxy) is 3. The van der Waals surface area contributed by atoms with Gasteiger partial charge in [-0.05, 0) is 26.8 Å². The second kappa shape index (κ2) is 7.81. The van der Waals surface area contributed by atoms with Gasteiger partial charge in [0.2, 0.25) is 0 Å². The lowest BCUT2D eigenvalue weighted by molar-refractivity contribution is -0.152. The molecule has 7 heteroatoms. The Labute approximate surface area is 141 Å². The van der Waals surface area contributed by atoms with E-state index in [2.05, 4.69) is 5.32 Å². The van der Waals surface area contributed by atoms with Crippen LogP contribution in [0.5, 0.6) is 11.5 Å². The molecule has 0 spiro atoms. The van der Waals surface area contributed by atoms with Gasteiger partial charge in [-0.15, -0.1) is 0 Å². The topological polar surface area (TPSA) is 97.7 Å². The molecule has 0 saturated carbocycles. The van der Waals surface area contributed by atoms with Crippen molar-refractivity contribution in [2.24, 2.45) is 0 Å². The van der Waals surface area contributed by atoms with Gasteiger partial charge in [-0.3, -0.25) is 15.0 Å². The fraction of sp³-hybridized carbons (Fsp3) is 0.471. The van der Waals surface area contributed by atoms with Crippen molar-refractivity contribution in [3.8, 4) is 11.5 Å². The number of ketones is 1. The summed E-state index contributed by atoms with van der Waals surface area (Å²) in [7, 11) is 2.94. The highest BCUT2D eigenvalue weighted by Gasteiger charge is 2.19. The molecule has 0 aromatic heterocycles. The SMILES string of the molecule is COc1cc(NCC(=O)OC(C)(C)C)c(C(=N)C(C)=O)cc1OC. The van der Waals surface area contributed by atoms with E-state index in [4.69, 9.17) is 19.6 Å². The molecule has 0 atom stereocenters. The average molecular weight is 336 g/mol. The third kappa shape index (κ3) is 5.26. The van der Waals surface area contributed by atoms with Gasteiger partial charge in [0.05, 0.1) is 14.2 Å². The minimum atomic E-state index is -0.592. The van der Waals surface area contributed by atoms with Crippen molar-refractivity contribution in [3.05, 3.63) is 17.7 Å². The standard InChI is InChI=1S/C17H24N2O5/c1-10(20)16(18)11-7-13(22-5)14(23-6)8-12(11)19-9-15(21)24-17(2,3)4/h7-8,18-19H,9H2,1-6H3. The number of Topliss-reactive ketones (excluding diaryl/α,β-unsaturated/α-hetero) is 1. The monoisotopic (exact) mass is 336 g/mol. The second-order valence-corrected chi connectivity index (χ2v) is 6.12. The Morgan fingerprint density at radius 1 is 1.12 bits per heavy atom. The second-order valence-electron chi connectivity index (χ2n) is 6.12. The molecular formula is C17H24N2O5. The summed E-state index contributed by atoms with van der Waals surface area (Å²) in [4.78, 5) is 23.4. The highest BCUT2D eigenvalue weighted by atomic mass is 16.6. The molecule has 0 unspecified atom stereocenters. The van der Waals surface area contributed by atoms with Gasteiger partial charge in [0, 0.05) is 24.2 Å². The molecular weight excluding hydrogens is 312 g/mol. The Bertz CT molecular complexity index is 647. The molecule has 132 valence electrons. The van der Waals surface area contributed by atoms with Gasteiger partial charge in [0.25, 0.3) is 0 Å². The zero-order chi connectivity index (χ0) is 18.5. The van der Waals surface area contributed by atoms with Gasteiger partial charge in [-0.1, -0.05) is 0 Å². The number of carbonyl (C=O) groups excluding carboxylic acids is 2. The van der Waals surface area contributed by atoms with Crippen molar-refractivity contribution in [1.82, 2.24) is 0 Å². The van der Waals surface area contributed by atoms with Crippen molar-refractivity contribution in [3.63, 3.8) is 0 Å². The Morgan fingerprint density at radius 3 is 2.12 bits per heavy atom. The first-order chi connectivity index (χ1) is 11.1. The predicted octanol–water partition coefficient (Wildman–Crippen LogP) is 2.41. The summed E-state index contributed by atoms with van der Waals surface area (Å²) in [6.45, 7) is 6.52. The van der Waals surface area contributed by atoms with E-state index in [1.807, 2.05) is 0 Å². The van der Waals surface area contributed by atoms with Gasteiger partial charge in [0.15, 0.2) is 17.3 Å². The van der Waals surface area contributed by atoms with Crippen LogP contribution in [0.25, 0.3) is 0 Å². The number of methoxy groups -OCH3 is 2. The van der Waals surface area contributed by atoms with Crippen LogP contribution in [0.4, 0.5) is 5.69 Å². The summed E-state index contributed by atoms with van der Waals surface area (Å²) in [6, 6.07) is 3.11. The summed E-state index contributed by atoms with van der Waals surface area (Å²) >= 11 is 0. The third-order valence-electron chi connectivity index (χ3n) is 2.99. The fourth-order valence-electron chi connectivity index (χ4n) is 1.97. The van der Waals surface area contributed by atoms with Crippen molar-refractivity contribution in [2.45, 2.75) is 33.3 Å². The van der Waals surface area contributed by atoms with Crippen molar-refractivity contribution in [1.29, 1.82) is 5.41 Å². The van der Waals surface area contributed by atoms with E-state index < -0.39 is 17.4 Å². The minimum absolute atomic E-state index is 0.106. The first-order valence-corrected chi connectivity index (χ1v) is 7.40. The summed E-state index contributed by atoms with van der Waals surface area (Å²) in [5, 5.41) is 10.8. The van der Waals surface area contributed by atoms with E-state index in [0.29, 0.717) is 22.7 Å². The molecule has 7 nitrogen and oxygen atoms in total. The summed E-state index contributed by atoms with van der Waals surface area (Å²) in [5.74, 6) is -0.0364. The number of anilines is 1. The van der Waals surface area contributed by atoms with Crippen LogP contribution in [0.15, 0.2) is 12.1 Å². The summed E-state index contributed by atoms with van der Waals surface area (Å²) in [6.07, 6.45) is 0. The number of nitrogens with one attached hydrogen (secondary N) is 2. The molecule has 0 fully saturated rings. The van der Waals surface area contributed by atoms with Crippen molar-refractivity contribution in [2.75, 3.05) is 26.1 Å². The zero-order valence-electron chi connectivity index (χ0n) is 14.9. The molecule has 0 aliphatic rings. The van der Waals surface area contributed by atoms with Gasteiger partial charge < -0.3 is 19.5 Å². The highest BCUT2D eigenvalue weighted by Crippen LogP contribution is 2.33. The van der Waals surface area contributed by atoms with Gasteiger partial charge in [-0.25, -0.2) is 0 Å². The van der Waals surface area contributed by atoms with Gasteiger partial charge in [-0.2, -0.15) is 0 Å². The quantitative estimate of drug-likeness (QED) is 0.586. The number of esters is 1. The van der Waals surface area contributed by atoms with Crippen molar-refractivity contribution >= 4 is 23.2 Å². The highest BCUT2D eigenvalue weighted by molar-refractivity contribution is 6.45. The lowest BCUT2D eigenvalue weighted by atomic mass is 10.0. The normalized spacial score (nSPS) is 10.8. The molecule has 1 aromatic rings. The molecule has 0 heterocycles. The minimum Gasteiger partial charge on any atom is -0.493 e. The van der Waals surface area contributed by atoms with E-state index in [1.54, 1.807) is 26.8 Å². The van der Waals surface area contributed by atoms with Crippen LogP contribution in [-0.2, 0) is 14.3 Å². The maximum absolute atomic E-state index is 11.9. The molecule has 0 saturated heterocycles. The van der Waals surface area contributed by atoms with E-state index in [9.17, 15) is 9.59 Å². The molecule has 0 amide bonds. The predicted molar refractivity (Wildman–Crippen MR) is 91.4 cm³/mol. The number of rotatable bonds is 7. The largest absolute Gasteiger partial charge is 0.493 e. The van der Waals surface area contributed by atoms with E-state index >= 15 is 0 Å². The van der Waals surface area contributed by atoms with Crippen LogP contribution in [0, 0.1) is 5.41 Å².